The molecule has 15 heavy (non-hydrogen) atoms. The number of nitrogens with one attached hydrogen (secondary N) is 1. The molecule has 1 fully saturated rings. The highest BCUT2D eigenvalue weighted by Crippen LogP contribution is 2.26. The van der Waals surface area contributed by atoms with Crippen molar-refractivity contribution in [3.8, 4) is 0 Å². The number of hydrogen-bond donors (Lipinski definition) is 2. The number of methoxy groups -OCH3 is 1. The van der Waals surface area contributed by atoms with E-state index in [1.165, 1.54) is 0 Å². The summed E-state index contributed by atoms with van der Waals surface area (Å²) in [5.74, 6) is 0.934. The lowest BCUT2D eigenvalue weighted by molar-refractivity contribution is 0.0328. The molecule has 0 aliphatic heterocycles. The lowest BCUT2D eigenvalue weighted by Gasteiger charge is -2.35. The molecule has 0 aromatic carbocycles. The number of rotatable bonds is 3. The van der Waals surface area contributed by atoms with Gasteiger partial charge in [0.05, 0.1) is 18.0 Å². The summed E-state index contributed by atoms with van der Waals surface area (Å²) in [6.07, 6.45) is 4.21. The van der Waals surface area contributed by atoms with Crippen LogP contribution in [0.4, 0.5) is 11.5 Å². The minimum atomic E-state index is 0.414. The van der Waals surface area contributed by atoms with Crippen molar-refractivity contribution in [1.29, 1.82) is 0 Å². The Morgan fingerprint density at radius 1 is 1.53 bits per heavy atom. The van der Waals surface area contributed by atoms with Crippen molar-refractivity contribution in [1.82, 2.24) is 4.98 Å². The van der Waals surface area contributed by atoms with E-state index in [0.717, 1.165) is 24.2 Å². The maximum Gasteiger partial charge on any atom is 0.129 e. The number of nitrogen functional groups attached to an aromatic ring is 1. The van der Waals surface area contributed by atoms with Crippen LogP contribution in [0.3, 0.4) is 0 Å². The van der Waals surface area contributed by atoms with Gasteiger partial charge in [-0.05, 0) is 31.4 Å². The Hall–Kier alpha value is -1.29. The van der Waals surface area contributed by atoms with Gasteiger partial charge in [-0.3, -0.25) is 0 Å². The van der Waals surface area contributed by atoms with Gasteiger partial charge in [-0.15, -0.1) is 0 Å². The van der Waals surface area contributed by atoms with Crippen LogP contribution in [0.15, 0.2) is 12.3 Å². The van der Waals surface area contributed by atoms with Gasteiger partial charge in [-0.1, -0.05) is 0 Å². The van der Waals surface area contributed by atoms with Crippen molar-refractivity contribution in [3.63, 3.8) is 0 Å². The Balaban J connectivity index is 1.94. The van der Waals surface area contributed by atoms with Crippen LogP contribution >= 0.6 is 0 Å². The molecule has 0 unspecified atom stereocenters. The van der Waals surface area contributed by atoms with Crippen LogP contribution in [0.1, 0.15) is 18.4 Å². The van der Waals surface area contributed by atoms with E-state index in [0.29, 0.717) is 17.8 Å². The molecule has 0 spiro atoms. The normalized spacial score (nSPS) is 24.7. The van der Waals surface area contributed by atoms with Crippen molar-refractivity contribution in [2.75, 3.05) is 18.2 Å². The van der Waals surface area contributed by atoms with E-state index in [4.69, 9.17) is 10.5 Å². The summed E-state index contributed by atoms with van der Waals surface area (Å²) in [4.78, 5) is 4.27. The van der Waals surface area contributed by atoms with Crippen molar-refractivity contribution in [2.45, 2.75) is 31.9 Å². The highest BCUT2D eigenvalue weighted by molar-refractivity contribution is 5.51. The minimum Gasteiger partial charge on any atom is -0.397 e. The molecule has 0 saturated heterocycles. The lowest BCUT2D eigenvalue weighted by atomic mass is 9.89. The zero-order valence-corrected chi connectivity index (χ0v) is 9.16. The third kappa shape index (κ3) is 2.21. The average molecular weight is 207 g/mol. The van der Waals surface area contributed by atoms with E-state index in [1.807, 2.05) is 13.0 Å². The minimum absolute atomic E-state index is 0.414. The summed E-state index contributed by atoms with van der Waals surface area (Å²) < 4.78 is 5.22. The molecule has 1 aromatic heterocycles. The van der Waals surface area contributed by atoms with Gasteiger partial charge in [0, 0.05) is 13.2 Å². The van der Waals surface area contributed by atoms with E-state index < -0.39 is 0 Å². The van der Waals surface area contributed by atoms with Gasteiger partial charge in [0.15, 0.2) is 0 Å². The van der Waals surface area contributed by atoms with Gasteiger partial charge in [0.2, 0.25) is 0 Å². The number of aromatic nitrogens is 1. The average Bonchev–Trinajstić information content (AvgIpc) is 2.13. The summed E-state index contributed by atoms with van der Waals surface area (Å²) in [5, 5.41) is 3.39. The molecule has 4 nitrogen and oxygen atoms in total. The number of aryl methyl sites for hydroxylation is 1. The summed E-state index contributed by atoms with van der Waals surface area (Å²) in [6, 6.07) is 2.42. The molecule has 1 heterocycles. The summed E-state index contributed by atoms with van der Waals surface area (Å²) in [5.41, 5.74) is 7.44. The Kier molecular flexibility index (Phi) is 2.77. The van der Waals surface area contributed by atoms with Crippen molar-refractivity contribution < 1.29 is 4.74 Å². The summed E-state index contributed by atoms with van der Waals surface area (Å²) >= 11 is 0. The van der Waals surface area contributed by atoms with Gasteiger partial charge in [0.1, 0.15) is 5.82 Å². The van der Waals surface area contributed by atoms with Crippen LogP contribution < -0.4 is 11.1 Å². The molecule has 0 bridgehead atoms. The third-order valence-electron chi connectivity index (χ3n) is 2.87. The topological polar surface area (TPSA) is 60.2 Å². The first-order valence-electron chi connectivity index (χ1n) is 5.20. The maximum absolute atomic E-state index is 5.64. The molecule has 0 radical (unpaired) electrons. The van der Waals surface area contributed by atoms with Crippen LogP contribution in [0.2, 0.25) is 0 Å². The van der Waals surface area contributed by atoms with E-state index >= 15 is 0 Å². The lowest BCUT2D eigenvalue weighted by Crippen LogP contribution is -2.40. The molecule has 1 aliphatic rings. The number of nitrogens with two attached hydrogens (primary N) is 1. The Bertz CT molecular complexity index is 348. The molecule has 3 N–H and O–H groups in total. The number of ether oxygens (including phenoxy) is 1. The second-order valence-electron chi connectivity index (χ2n) is 4.10. The standard InChI is InChI=1S/C11H17N3O/c1-7-3-8(12)6-13-11(7)14-9-4-10(5-9)15-2/h3,6,9-10H,4-5,12H2,1-2H3,(H,13,14). The monoisotopic (exact) mass is 207 g/mol. The van der Waals surface area contributed by atoms with Crippen LogP contribution in [0.5, 0.6) is 0 Å². The number of hydrogen-bond acceptors (Lipinski definition) is 4. The first-order valence-corrected chi connectivity index (χ1v) is 5.20. The van der Waals surface area contributed by atoms with Crippen LogP contribution in [-0.2, 0) is 4.74 Å². The summed E-state index contributed by atoms with van der Waals surface area (Å²) in [7, 11) is 1.76. The van der Waals surface area contributed by atoms with E-state index in [9.17, 15) is 0 Å². The molecule has 2 rings (SSSR count). The highest BCUT2D eigenvalue weighted by atomic mass is 16.5. The first kappa shape index (κ1) is 10.2. The zero-order chi connectivity index (χ0) is 10.8. The van der Waals surface area contributed by atoms with Crippen LogP contribution in [0.25, 0.3) is 0 Å². The fourth-order valence-corrected chi connectivity index (χ4v) is 1.82. The van der Waals surface area contributed by atoms with Gasteiger partial charge in [-0.25, -0.2) is 4.98 Å². The quantitative estimate of drug-likeness (QED) is 0.789. The molecule has 0 atom stereocenters. The van der Waals surface area contributed by atoms with E-state index in [1.54, 1.807) is 13.3 Å². The SMILES string of the molecule is COC1CC(Nc2ncc(N)cc2C)C1. The number of nitrogens with zero attached hydrogens (tertiary/aromatic N) is 1. The highest BCUT2D eigenvalue weighted by Gasteiger charge is 2.29. The van der Waals surface area contributed by atoms with Crippen LogP contribution in [-0.4, -0.2) is 24.2 Å². The van der Waals surface area contributed by atoms with Gasteiger partial charge < -0.3 is 15.8 Å². The molecular formula is C11H17N3O. The summed E-state index contributed by atoms with van der Waals surface area (Å²) in [6.45, 7) is 2.01. The second kappa shape index (κ2) is 4.06. The molecule has 4 heteroatoms. The van der Waals surface area contributed by atoms with E-state index in [2.05, 4.69) is 10.3 Å². The molecule has 1 aliphatic carbocycles. The molecule has 1 aromatic rings. The third-order valence-corrected chi connectivity index (χ3v) is 2.87. The van der Waals surface area contributed by atoms with Crippen molar-refractivity contribution in [2.24, 2.45) is 0 Å². The molecule has 82 valence electrons. The predicted octanol–water partition coefficient (Wildman–Crippen LogP) is 1.56. The van der Waals surface area contributed by atoms with Crippen molar-refractivity contribution in [3.05, 3.63) is 17.8 Å². The van der Waals surface area contributed by atoms with E-state index in [-0.39, 0.29) is 0 Å². The molecular weight excluding hydrogens is 190 g/mol. The smallest absolute Gasteiger partial charge is 0.129 e. The molecule has 0 amide bonds. The van der Waals surface area contributed by atoms with Gasteiger partial charge in [0.25, 0.3) is 0 Å². The number of anilines is 2. The van der Waals surface area contributed by atoms with Gasteiger partial charge >= 0.3 is 0 Å². The Labute approximate surface area is 89.8 Å². The second-order valence-corrected chi connectivity index (χ2v) is 4.10. The molecule has 1 saturated carbocycles. The predicted molar refractivity (Wildman–Crippen MR) is 60.8 cm³/mol. The fourth-order valence-electron chi connectivity index (χ4n) is 1.82. The van der Waals surface area contributed by atoms with Crippen LogP contribution in [0, 0.1) is 6.92 Å². The van der Waals surface area contributed by atoms with Gasteiger partial charge in [-0.2, -0.15) is 0 Å². The first-order chi connectivity index (χ1) is 7.19. The number of pyridine rings is 1. The Morgan fingerprint density at radius 2 is 2.27 bits per heavy atom. The zero-order valence-electron chi connectivity index (χ0n) is 9.16. The van der Waals surface area contributed by atoms with Crippen molar-refractivity contribution >= 4 is 11.5 Å². The maximum atomic E-state index is 5.64. The largest absolute Gasteiger partial charge is 0.397 e. The Morgan fingerprint density at radius 3 is 2.87 bits per heavy atom. The fraction of sp³-hybridized carbons (Fsp3) is 0.545.